The molecule has 1 aliphatic carbocycles. The van der Waals surface area contributed by atoms with Crippen molar-refractivity contribution in [2.75, 3.05) is 0 Å². The summed E-state index contributed by atoms with van der Waals surface area (Å²) in [6.45, 7) is 0. The van der Waals surface area contributed by atoms with E-state index in [0.717, 1.165) is 62.5 Å². The highest BCUT2D eigenvalue weighted by Crippen LogP contribution is 2.45. The maximum Gasteiger partial charge on any atom is 0.140 e. The fourth-order valence-electron chi connectivity index (χ4n) is 11.0. The molecule has 1 atom stereocenters. The molecular formula is C59H39N5. The van der Waals surface area contributed by atoms with E-state index in [1.807, 2.05) is 0 Å². The Morgan fingerprint density at radius 1 is 0.359 bits per heavy atom. The average molecular weight is 818 g/mol. The lowest BCUT2D eigenvalue weighted by atomic mass is 10.1. The quantitative estimate of drug-likeness (QED) is 0.170. The molecule has 5 heterocycles. The zero-order valence-corrected chi connectivity index (χ0v) is 34.8. The molecule has 0 saturated heterocycles. The van der Waals surface area contributed by atoms with E-state index in [1.165, 1.54) is 59.6 Å². The molecule has 8 aromatic carbocycles. The number of nitrogens with zero attached hydrogens (tertiary/aromatic N) is 5. The van der Waals surface area contributed by atoms with Crippen LogP contribution in [-0.2, 0) is 0 Å². The number of pyridine rings is 1. The SMILES string of the molecule is C1=CCC(n2c3ccccc3c3ccc4c5ccccc5n(-c5cc(-c6ccccc6)cc(-n6c7ccccc7c7ccc8c9ccccc9n(-c9ccccc9)c8c76)n5)c4c32)C=C1. The summed E-state index contributed by atoms with van der Waals surface area (Å²) in [4.78, 5) is 5.89. The van der Waals surface area contributed by atoms with Gasteiger partial charge in [0.1, 0.15) is 11.6 Å². The summed E-state index contributed by atoms with van der Waals surface area (Å²) in [6, 6.07) is 71.0. The van der Waals surface area contributed by atoms with Crippen molar-refractivity contribution >= 4 is 87.2 Å². The number of rotatable bonds is 5. The Kier molecular flexibility index (Phi) is 7.45. The van der Waals surface area contributed by atoms with Crippen LogP contribution < -0.4 is 0 Å². The van der Waals surface area contributed by atoms with Crippen LogP contribution in [0.4, 0.5) is 0 Å². The van der Waals surface area contributed by atoms with E-state index in [4.69, 9.17) is 4.98 Å². The molecule has 1 unspecified atom stereocenters. The van der Waals surface area contributed by atoms with Gasteiger partial charge in [-0.05, 0) is 66.1 Å². The van der Waals surface area contributed by atoms with Crippen molar-refractivity contribution in [1.82, 2.24) is 23.3 Å². The molecule has 300 valence electrons. The molecule has 14 rings (SSSR count). The Balaban J connectivity index is 1.16. The monoisotopic (exact) mass is 817 g/mol. The zero-order valence-electron chi connectivity index (χ0n) is 34.8. The summed E-state index contributed by atoms with van der Waals surface area (Å²) in [5, 5.41) is 9.72. The lowest BCUT2D eigenvalue weighted by molar-refractivity contribution is 0.648. The summed E-state index contributed by atoms with van der Waals surface area (Å²) >= 11 is 0. The number of aromatic nitrogens is 5. The smallest absolute Gasteiger partial charge is 0.140 e. The predicted molar refractivity (Wildman–Crippen MR) is 268 cm³/mol. The van der Waals surface area contributed by atoms with Crippen LogP contribution >= 0.6 is 0 Å². The third-order valence-corrected chi connectivity index (χ3v) is 13.6. The van der Waals surface area contributed by atoms with Crippen molar-refractivity contribution in [3.63, 3.8) is 0 Å². The van der Waals surface area contributed by atoms with Gasteiger partial charge in [-0.25, -0.2) is 4.98 Å². The zero-order chi connectivity index (χ0) is 41.9. The molecular weight excluding hydrogens is 779 g/mol. The normalized spacial score (nSPS) is 14.2. The number of allylic oxidation sites excluding steroid dienone is 4. The van der Waals surface area contributed by atoms with E-state index in [1.54, 1.807) is 0 Å². The van der Waals surface area contributed by atoms with Gasteiger partial charge in [0.05, 0.1) is 44.7 Å². The van der Waals surface area contributed by atoms with Gasteiger partial charge in [-0.3, -0.25) is 9.13 Å². The fourth-order valence-corrected chi connectivity index (χ4v) is 11.0. The highest BCUT2D eigenvalue weighted by molar-refractivity contribution is 6.25. The standard InChI is InChI=1S/C59H39N5/c1-4-18-38(19-5-1)39-36-54(63-52-30-16-12-26-44(52)48-34-32-46-42-24-10-14-28-50(42)61(56(46)58(48)63)40-20-6-2-7-21-40)60-55(37-39)64-53-31-17-13-27-45(53)49-35-33-47-43-25-11-15-29-51(43)62(57(47)59(49)64)41-22-8-3-9-23-41/h1-22,24-37,41H,23H2. The first-order valence-corrected chi connectivity index (χ1v) is 22.2. The van der Waals surface area contributed by atoms with Gasteiger partial charge in [0, 0.05) is 54.3 Å². The number of para-hydroxylation sites is 5. The van der Waals surface area contributed by atoms with Crippen LogP contribution in [0, 0.1) is 0 Å². The van der Waals surface area contributed by atoms with Gasteiger partial charge in [-0.15, -0.1) is 0 Å². The maximum absolute atomic E-state index is 5.89. The molecule has 0 spiro atoms. The average Bonchev–Trinajstić information content (AvgIpc) is 4.10. The fraction of sp³-hybridized carbons (Fsp3) is 0.0339. The van der Waals surface area contributed by atoms with Crippen molar-refractivity contribution in [3.8, 4) is 28.5 Å². The Hall–Kier alpha value is -8.41. The van der Waals surface area contributed by atoms with Crippen LogP contribution in [0.5, 0.6) is 0 Å². The predicted octanol–water partition coefficient (Wildman–Crippen LogP) is 15.2. The second kappa shape index (κ2) is 13.5. The Morgan fingerprint density at radius 2 is 0.797 bits per heavy atom. The van der Waals surface area contributed by atoms with Gasteiger partial charge in [0.2, 0.25) is 0 Å². The largest absolute Gasteiger partial charge is 0.331 e. The van der Waals surface area contributed by atoms with Gasteiger partial charge in [-0.2, -0.15) is 0 Å². The summed E-state index contributed by atoms with van der Waals surface area (Å²) in [6.07, 6.45) is 9.93. The van der Waals surface area contributed by atoms with Crippen molar-refractivity contribution < 1.29 is 0 Å². The summed E-state index contributed by atoms with van der Waals surface area (Å²) in [7, 11) is 0. The van der Waals surface area contributed by atoms with Crippen LogP contribution in [0.25, 0.3) is 116 Å². The first-order chi connectivity index (χ1) is 31.8. The Bertz CT molecular complexity index is 4100. The molecule has 0 N–H and O–H groups in total. The molecule has 1 aliphatic rings. The number of hydrogen-bond donors (Lipinski definition) is 0. The molecule has 64 heavy (non-hydrogen) atoms. The minimum Gasteiger partial charge on any atom is -0.331 e. The molecule has 0 aliphatic heterocycles. The van der Waals surface area contributed by atoms with Crippen molar-refractivity contribution in [2.24, 2.45) is 0 Å². The molecule has 0 saturated carbocycles. The lowest BCUT2D eigenvalue weighted by Gasteiger charge is -2.20. The lowest BCUT2D eigenvalue weighted by Crippen LogP contribution is -2.09. The van der Waals surface area contributed by atoms with Crippen molar-refractivity contribution in [1.29, 1.82) is 0 Å². The molecule has 5 heteroatoms. The van der Waals surface area contributed by atoms with Gasteiger partial charge in [0.25, 0.3) is 0 Å². The molecule has 13 aromatic rings. The third-order valence-electron chi connectivity index (χ3n) is 13.6. The second-order valence-electron chi connectivity index (χ2n) is 17.1. The van der Waals surface area contributed by atoms with Crippen LogP contribution in [0.2, 0.25) is 0 Å². The van der Waals surface area contributed by atoms with E-state index in [2.05, 4.69) is 237 Å². The van der Waals surface area contributed by atoms with E-state index < -0.39 is 0 Å². The topological polar surface area (TPSA) is 32.6 Å². The minimum absolute atomic E-state index is 0.167. The molecule has 5 aromatic heterocycles. The van der Waals surface area contributed by atoms with E-state index in [9.17, 15) is 0 Å². The Morgan fingerprint density at radius 3 is 1.34 bits per heavy atom. The van der Waals surface area contributed by atoms with Gasteiger partial charge in [-0.1, -0.05) is 170 Å². The number of fused-ring (bicyclic) bond motifs is 14. The maximum atomic E-state index is 5.89. The van der Waals surface area contributed by atoms with Gasteiger partial charge in [0.15, 0.2) is 0 Å². The highest BCUT2D eigenvalue weighted by atomic mass is 15.2. The van der Waals surface area contributed by atoms with Gasteiger partial charge >= 0.3 is 0 Å². The highest BCUT2D eigenvalue weighted by Gasteiger charge is 2.26. The first-order valence-electron chi connectivity index (χ1n) is 22.2. The summed E-state index contributed by atoms with van der Waals surface area (Å²) in [5.41, 5.74) is 12.7. The van der Waals surface area contributed by atoms with E-state index >= 15 is 0 Å². The molecule has 5 nitrogen and oxygen atoms in total. The third kappa shape index (κ3) is 4.92. The Labute approximate surface area is 368 Å². The molecule has 0 radical (unpaired) electrons. The van der Waals surface area contributed by atoms with Crippen molar-refractivity contribution in [2.45, 2.75) is 12.5 Å². The second-order valence-corrected chi connectivity index (χ2v) is 17.1. The van der Waals surface area contributed by atoms with Crippen molar-refractivity contribution in [3.05, 3.63) is 218 Å². The van der Waals surface area contributed by atoms with E-state index in [0.29, 0.717) is 0 Å². The molecule has 0 fully saturated rings. The summed E-state index contributed by atoms with van der Waals surface area (Å²) < 4.78 is 9.91. The first kappa shape index (κ1) is 35.2. The molecule has 0 bridgehead atoms. The van der Waals surface area contributed by atoms with E-state index in [-0.39, 0.29) is 6.04 Å². The molecule has 0 amide bonds. The number of hydrogen-bond acceptors (Lipinski definition) is 1. The van der Waals surface area contributed by atoms with Crippen LogP contribution in [-0.4, -0.2) is 23.3 Å². The van der Waals surface area contributed by atoms with Crippen LogP contribution in [0.1, 0.15) is 12.5 Å². The van der Waals surface area contributed by atoms with Crippen LogP contribution in [0.3, 0.4) is 0 Å². The van der Waals surface area contributed by atoms with Gasteiger partial charge < -0.3 is 9.13 Å². The number of benzene rings is 8. The summed E-state index contributed by atoms with van der Waals surface area (Å²) in [5.74, 6) is 1.73. The van der Waals surface area contributed by atoms with Crippen LogP contribution in [0.15, 0.2) is 218 Å². The minimum atomic E-state index is 0.167.